The van der Waals surface area contributed by atoms with Gasteiger partial charge in [-0.25, -0.2) is 0 Å². The van der Waals surface area contributed by atoms with Gasteiger partial charge in [0.25, 0.3) is 0 Å². The molecule has 250 valence electrons. The Morgan fingerprint density at radius 3 is 2.47 bits per heavy atom. The summed E-state index contributed by atoms with van der Waals surface area (Å²) in [7, 11) is 0. The lowest BCUT2D eigenvalue weighted by molar-refractivity contribution is -0.162. The largest absolute Gasteiger partial charge is 0.455 e. The Morgan fingerprint density at radius 2 is 1.83 bits per heavy atom. The zero-order valence-electron chi connectivity index (χ0n) is 26.5. The second-order valence-electron chi connectivity index (χ2n) is 12.4. The number of benzene rings is 2. The van der Waals surface area contributed by atoms with Crippen LogP contribution in [0.5, 0.6) is 0 Å². The van der Waals surface area contributed by atoms with E-state index < -0.39 is 53.6 Å². The molecular formula is C36H42BrN3O7. The Labute approximate surface area is 283 Å². The first-order valence-electron chi connectivity index (χ1n) is 16.0. The number of alkyl halides is 1. The first-order valence-corrected chi connectivity index (χ1v) is 16.9. The number of rotatable bonds is 15. The third-order valence-electron chi connectivity index (χ3n) is 9.30. The number of amides is 3. The van der Waals surface area contributed by atoms with Crippen LogP contribution >= 0.6 is 15.9 Å². The number of likely N-dealkylation sites (tertiary alicyclic amines) is 1. The maximum atomic E-state index is 14.5. The van der Waals surface area contributed by atoms with Crippen molar-refractivity contribution in [2.24, 2.45) is 11.8 Å². The van der Waals surface area contributed by atoms with Gasteiger partial charge in [0.1, 0.15) is 17.7 Å². The zero-order chi connectivity index (χ0) is 33.7. The van der Waals surface area contributed by atoms with E-state index in [9.17, 15) is 24.3 Å². The molecule has 1 unspecified atom stereocenters. The number of ether oxygens (including phenoxy) is 2. The highest BCUT2D eigenvalue weighted by atomic mass is 79.9. The van der Waals surface area contributed by atoms with Crippen LogP contribution in [-0.4, -0.2) is 86.9 Å². The van der Waals surface area contributed by atoms with Gasteiger partial charge in [-0.1, -0.05) is 88.7 Å². The molecule has 2 bridgehead atoms. The SMILES string of the molecule is C=CCCC(=O)N[C@H](C)[C@@H](OC(=O)[C@H]1[C@@H]2O[C@@]3(CC2Br)[C@@H]1C(=O)N(CCO)[C@@H]3C(=O)N(CC=C)Cc1ccccc1)c1ccccc1. The minimum atomic E-state index is -1.31. The predicted octanol–water partition coefficient (Wildman–Crippen LogP) is 3.70. The highest BCUT2D eigenvalue weighted by molar-refractivity contribution is 9.09. The van der Waals surface area contributed by atoms with Crippen molar-refractivity contribution in [1.29, 1.82) is 0 Å². The molecule has 0 aromatic heterocycles. The van der Waals surface area contributed by atoms with Gasteiger partial charge in [0.2, 0.25) is 17.7 Å². The van der Waals surface area contributed by atoms with Crippen LogP contribution in [0.25, 0.3) is 0 Å². The highest BCUT2D eigenvalue weighted by Crippen LogP contribution is 2.60. The highest BCUT2D eigenvalue weighted by Gasteiger charge is 2.77. The van der Waals surface area contributed by atoms with E-state index in [1.807, 2.05) is 60.7 Å². The van der Waals surface area contributed by atoms with Crippen LogP contribution in [0, 0.1) is 11.8 Å². The molecule has 2 aromatic rings. The minimum Gasteiger partial charge on any atom is -0.455 e. The summed E-state index contributed by atoms with van der Waals surface area (Å²) >= 11 is 3.69. The van der Waals surface area contributed by atoms with Gasteiger partial charge in [-0.05, 0) is 30.9 Å². The molecule has 3 heterocycles. The molecule has 2 N–H and O–H groups in total. The van der Waals surface area contributed by atoms with Crippen molar-refractivity contribution in [1.82, 2.24) is 15.1 Å². The van der Waals surface area contributed by atoms with Crippen LogP contribution in [0.2, 0.25) is 0 Å². The standard InChI is InChI=1S/C36H42BrN3O7/c1-4-6-17-27(42)38-23(3)30(25-15-11-8-12-16-25)46-35(45)28-29-33(43)40(19-20-41)32(36(29)21-26(37)31(28)47-36)34(44)39(18-5-2)22-24-13-9-7-10-14-24/h4-5,7-16,23,26,28-32,41H,1-2,6,17-22H2,3H3,(H,38,42)/t23-,26?,28-,29+,30-,31-,32-,36+/m1/s1. The zero-order valence-corrected chi connectivity index (χ0v) is 28.1. The van der Waals surface area contributed by atoms with Crippen molar-refractivity contribution in [3.63, 3.8) is 0 Å². The summed E-state index contributed by atoms with van der Waals surface area (Å²) in [4.78, 5) is 58.2. The van der Waals surface area contributed by atoms with Gasteiger partial charge in [0, 0.05) is 30.9 Å². The van der Waals surface area contributed by atoms with Gasteiger partial charge in [-0.3, -0.25) is 19.2 Å². The Hall–Kier alpha value is -3.80. The molecule has 0 aliphatic carbocycles. The fourth-order valence-corrected chi connectivity index (χ4v) is 8.27. The van der Waals surface area contributed by atoms with Crippen molar-refractivity contribution in [3.05, 3.63) is 97.1 Å². The number of β-amino-alcohol motifs (C(OH)–C–C–N with tert-alkyl or cyclic N) is 1. The number of nitrogens with one attached hydrogen (secondary N) is 1. The van der Waals surface area contributed by atoms with E-state index >= 15 is 0 Å². The van der Waals surface area contributed by atoms with Gasteiger partial charge in [0.05, 0.1) is 30.6 Å². The number of esters is 1. The normalized spacial score (nSPS) is 27.1. The molecule has 3 amide bonds. The van der Waals surface area contributed by atoms with Crippen molar-refractivity contribution < 1.29 is 33.8 Å². The number of aliphatic hydroxyl groups is 1. The van der Waals surface area contributed by atoms with Gasteiger partial charge in [-0.2, -0.15) is 0 Å². The average Bonchev–Trinajstić information content (AvgIpc) is 3.66. The van der Waals surface area contributed by atoms with Crippen molar-refractivity contribution in [2.75, 3.05) is 19.7 Å². The molecule has 3 saturated heterocycles. The molecule has 2 aromatic carbocycles. The number of carbonyl (C=O) groups excluding carboxylic acids is 4. The van der Waals surface area contributed by atoms with Crippen LogP contribution < -0.4 is 5.32 Å². The van der Waals surface area contributed by atoms with Crippen LogP contribution in [0.3, 0.4) is 0 Å². The number of allylic oxidation sites excluding steroid dienone is 1. The van der Waals surface area contributed by atoms with Crippen LogP contribution in [0.15, 0.2) is 86.0 Å². The third kappa shape index (κ3) is 6.79. The predicted molar refractivity (Wildman–Crippen MR) is 179 cm³/mol. The summed E-state index contributed by atoms with van der Waals surface area (Å²) < 4.78 is 12.8. The lowest BCUT2D eigenvalue weighted by Crippen LogP contribution is -2.56. The summed E-state index contributed by atoms with van der Waals surface area (Å²) in [5.74, 6) is -3.64. The van der Waals surface area contributed by atoms with Crippen LogP contribution in [-0.2, 0) is 35.2 Å². The molecule has 3 fully saturated rings. The summed E-state index contributed by atoms with van der Waals surface area (Å²) in [6.45, 7) is 9.32. The lowest BCUT2D eigenvalue weighted by Gasteiger charge is -2.37. The molecular weight excluding hydrogens is 666 g/mol. The summed E-state index contributed by atoms with van der Waals surface area (Å²) in [6, 6.07) is 17.0. The Bertz CT molecular complexity index is 1470. The molecule has 0 saturated carbocycles. The van der Waals surface area contributed by atoms with Gasteiger partial charge < -0.3 is 29.7 Å². The van der Waals surface area contributed by atoms with Crippen LogP contribution in [0.1, 0.15) is 43.4 Å². The van der Waals surface area contributed by atoms with E-state index in [0.29, 0.717) is 18.4 Å². The first kappa shape index (κ1) is 34.5. The van der Waals surface area contributed by atoms with Crippen LogP contribution in [0.4, 0.5) is 0 Å². The minimum absolute atomic E-state index is 0.0933. The first-order chi connectivity index (χ1) is 22.7. The van der Waals surface area contributed by atoms with E-state index in [0.717, 1.165) is 5.56 Å². The molecule has 3 aliphatic rings. The lowest BCUT2D eigenvalue weighted by atomic mass is 9.70. The maximum absolute atomic E-state index is 14.5. The van der Waals surface area contributed by atoms with Crippen molar-refractivity contribution in [3.8, 4) is 0 Å². The van der Waals surface area contributed by atoms with Crippen molar-refractivity contribution >= 4 is 39.6 Å². The van der Waals surface area contributed by atoms with Crippen molar-refractivity contribution in [2.45, 2.75) is 67.5 Å². The van der Waals surface area contributed by atoms with E-state index in [4.69, 9.17) is 9.47 Å². The fourth-order valence-electron chi connectivity index (χ4n) is 7.33. The second kappa shape index (κ2) is 15.0. The molecule has 11 heteroatoms. The maximum Gasteiger partial charge on any atom is 0.313 e. The number of hydrogen-bond acceptors (Lipinski definition) is 7. The molecule has 10 nitrogen and oxygen atoms in total. The number of carbonyl (C=O) groups is 4. The van der Waals surface area contributed by atoms with E-state index in [1.165, 1.54) is 4.90 Å². The number of nitrogens with zero attached hydrogens (tertiary/aromatic N) is 2. The summed E-state index contributed by atoms with van der Waals surface area (Å²) in [5.41, 5.74) is 0.276. The number of aliphatic hydroxyl groups excluding tert-OH is 1. The topological polar surface area (TPSA) is 125 Å². The smallest absolute Gasteiger partial charge is 0.313 e. The Balaban J connectivity index is 1.46. The Kier molecular flexibility index (Phi) is 11.0. The fraction of sp³-hybridized carbons (Fsp3) is 0.444. The molecule has 1 spiro atoms. The van der Waals surface area contributed by atoms with Gasteiger partial charge in [-0.15, -0.1) is 13.2 Å². The summed E-state index contributed by atoms with van der Waals surface area (Å²) in [6.07, 6.45) is 2.79. The van der Waals surface area contributed by atoms with Gasteiger partial charge in [0.15, 0.2) is 0 Å². The number of halogens is 1. The number of fused-ring (bicyclic) bond motifs is 1. The van der Waals surface area contributed by atoms with Gasteiger partial charge >= 0.3 is 5.97 Å². The third-order valence-corrected chi connectivity index (χ3v) is 10.1. The van der Waals surface area contributed by atoms with E-state index in [1.54, 1.807) is 24.0 Å². The quantitative estimate of drug-likeness (QED) is 0.164. The molecule has 5 rings (SSSR count). The molecule has 3 aliphatic heterocycles. The number of hydrogen-bond donors (Lipinski definition) is 2. The average molecular weight is 709 g/mol. The Morgan fingerprint density at radius 1 is 1.15 bits per heavy atom. The summed E-state index contributed by atoms with van der Waals surface area (Å²) in [5, 5.41) is 12.9. The monoisotopic (exact) mass is 707 g/mol. The van der Waals surface area contributed by atoms with E-state index in [-0.39, 0.29) is 49.3 Å². The second-order valence-corrected chi connectivity index (χ2v) is 13.5. The molecule has 0 radical (unpaired) electrons. The molecule has 8 atom stereocenters. The molecule has 47 heavy (non-hydrogen) atoms. The van der Waals surface area contributed by atoms with E-state index in [2.05, 4.69) is 34.4 Å².